The van der Waals surface area contributed by atoms with Crippen molar-refractivity contribution in [2.24, 2.45) is 0 Å². The molecule has 8 heteroatoms. The number of aromatic nitrogens is 4. The molecule has 2 heterocycles. The lowest BCUT2D eigenvalue weighted by Crippen LogP contribution is -2.33. The van der Waals surface area contributed by atoms with Crippen molar-refractivity contribution in [1.29, 1.82) is 0 Å². The maximum absolute atomic E-state index is 12.1. The summed E-state index contributed by atoms with van der Waals surface area (Å²) in [6.45, 7) is 5.05. The van der Waals surface area contributed by atoms with Crippen LogP contribution >= 0.6 is 27.5 Å². The molecular weight excluding hydrogens is 358 g/mol. The van der Waals surface area contributed by atoms with Crippen molar-refractivity contribution in [3.8, 4) is 0 Å². The molecular formula is C13H17BrClN5O. The number of rotatable bonds is 6. The normalized spacial score (nSPS) is 12.4. The lowest BCUT2D eigenvalue weighted by Gasteiger charge is -2.14. The summed E-state index contributed by atoms with van der Waals surface area (Å²) in [4.78, 5) is 12.1. The first-order valence-corrected chi connectivity index (χ1v) is 7.81. The Balaban J connectivity index is 1.78. The van der Waals surface area contributed by atoms with Crippen LogP contribution in [-0.4, -0.2) is 32.0 Å². The van der Waals surface area contributed by atoms with Gasteiger partial charge in [-0.2, -0.15) is 10.2 Å². The van der Waals surface area contributed by atoms with Gasteiger partial charge in [0.15, 0.2) is 0 Å². The zero-order chi connectivity index (χ0) is 15.4. The Morgan fingerprint density at radius 3 is 2.81 bits per heavy atom. The molecule has 0 bridgehead atoms. The molecule has 0 aromatic carbocycles. The maximum Gasteiger partial charge on any atom is 0.244 e. The Kier molecular flexibility index (Phi) is 5.41. The second kappa shape index (κ2) is 7.09. The number of carbonyl (C=O) groups is 1. The van der Waals surface area contributed by atoms with E-state index in [1.54, 1.807) is 28.0 Å². The van der Waals surface area contributed by atoms with Gasteiger partial charge in [0.1, 0.15) is 6.04 Å². The first kappa shape index (κ1) is 16.0. The Morgan fingerprint density at radius 2 is 2.24 bits per heavy atom. The average molecular weight is 375 g/mol. The highest BCUT2D eigenvalue weighted by Crippen LogP contribution is 2.18. The van der Waals surface area contributed by atoms with Crippen molar-refractivity contribution >= 4 is 33.4 Å². The summed E-state index contributed by atoms with van der Waals surface area (Å²) in [5, 5.41) is 11.8. The summed E-state index contributed by atoms with van der Waals surface area (Å²) in [5.41, 5.74) is 0.934. The zero-order valence-electron chi connectivity index (χ0n) is 11.9. The molecule has 1 atom stereocenters. The molecule has 0 spiro atoms. The van der Waals surface area contributed by atoms with Crippen molar-refractivity contribution in [2.45, 2.75) is 32.9 Å². The maximum atomic E-state index is 12.1. The second-order valence-corrected chi connectivity index (χ2v) is 6.06. The fourth-order valence-electron chi connectivity index (χ4n) is 1.96. The molecule has 6 nitrogen and oxygen atoms in total. The van der Waals surface area contributed by atoms with Crippen molar-refractivity contribution in [3.05, 3.63) is 33.8 Å². The zero-order valence-corrected chi connectivity index (χ0v) is 14.2. The van der Waals surface area contributed by atoms with Gasteiger partial charge in [0, 0.05) is 19.3 Å². The van der Waals surface area contributed by atoms with Gasteiger partial charge in [-0.25, -0.2) is 0 Å². The van der Waals surface area contributed by atoms with Gasteiger partial charge in [0.2, 0.25) is 5.91 Å². The van der Waals surface area contributed by atoms with Crippen LogP contribution in [0.3, 0.4) is 0 Å². The monoisotopic (exact) mass is 373 g/mol. The molecule has 0 radical (unpaired) electrons. The number of nitrogens with one attached hydrogen (secondary N) is 1. The van der Waals surface area contributed by atoms with E-state index in [9.17, 15) is 4.79 Å². The molecule has 0 saturated heterocycles. The van der Waals surface area contributed by atoms with E-state index < -0.39 is 0 Å². The lowest BCUT2D eigenvalue weighted by molar-refractivity contribution is -0.124. The largest absolute Gasteiger partial charge is 0.354 e. The predicted octanol–water partition coefficient (Wildman–Crippen LogP) is 2.57. The summed E-state index contributed by atoms with van der Waals surface area (Å²) in [6, 6.07) is -0.338. The van der Waals surface area contributed by atoms with Crippen LogP contribution in [0, 0.1) is 6.92 Å². The summed E-state index contributed by atoms with van der Waals surface area (Å²) in [6.07, 6.45) is 5.84. The smallest absolute Gasteiger partial charge is 0.244 e. The molecule has 0 aliphatic heterocycles. The molecule has 0 aliphatic rings. The van der Waals surface area contributed by atoms with Gasteiger partial charge in [-0.05, 0) is 36.2 Å². The molecule has 1 amide bonds. The van der Waals surface area contributed by atoms with Crippen LogP contribution in [0.1, 0.15) is 25.1 Å². The van der Waals surface area contributed by atoms with E-state index in [4.69, 9.17) is 11.6 Å². The number of carbonyl (C=O) groups excluding carboxylic acids is 1. The number of halogens is 2. The Bertz CT molecular complexity index is 624. The van der Waals surface area contributed by atoms with E-state index >= 15 is 0 Å². The van der Waals surface area contributed by atoms with Gasteiger partial charge in [-0.15, -0.1) is 0 Å². The average Bonchev–Trinajstić information content (AvgIpc) is 3.01. The number of amides is 1. The molecule has 21 heavy (non-hydrogen) atoms. The quantitative estimate of drug-likeness (QED) is 0.790. The molecule has 0 fully saturated rings. The third-order valence-corrected chi connectivity index (χ3v) is 4.17. The van der Waals surface area contributed by atoms with Crippen molar-refractivity contribution < 1.29 is 4.79 Å². The fraction of sp³-hybridized carbons (Fsp3) is 0.462. The highest BCUT2D eigenvalue weighted by Gasteiger charge is 2.17. The molecule has 2 aromatic rings. The predicted molar refractivity (Wildman–Crippen MR) is 84.2 cm³/mol. The summed E-state index contributed by atoms with van der Waals surface area (Å²) >= 11 is 9.17. The van der Waals surface area contributed by atoms with Gasteiger partial charge in [0.25, 0.3) is 0 Å². The molecule has 0 saturated carbocycles. The third kappa shape index (κ3) is 4.07. The van der Waals surface area contributed by atoms with Crippen molar-refractivity contribution in [3.63, 3.8) is 0 Å². The molecule has 1 unspecified atom stereocenters. The van der Waals surface area contributed by atoms with Gasteiger partial charge >= 0.3 is 0 Å². The van der Waals surface area contributed by atoms with E-state index in [1.807, 2.05) is 13.8 Å². The Morgan fingerprint density at radius 1 is 1.48 bits per heavy atom. The van der Waals surface area contributed by atoms with Crippen molar-refractivity contribution in [1.82, 2.24) is 24.9 Å². The molecule has 114 valence electrons. The van der Waals surface area contributed by atoms with Gasteiger partial charge in [-0.1, -0.05) is 11.6 Å². The van der Waals surface area contributed by atoms with E-state index in [-0.39, 0.29) is 11.9 Å². The topological polar surface area (TPSA) is 64.7 Å². The SMILES string of the molecule is Cc1c(Br)cnn1C(C)C(=O)NCCCn1cc(Cl)cn1. The molecule has 0 aliphatic carbocycles. The summed E-state index contributed by atoms with van der Waals surface area (Å²) < 4.78 is 4.36. The van der Waals surface area contributed by atoms with Crippen LogP contribution in [0.25, 0.3) is 0 Å². The second-order valence-electron chi connectivity index (χ2n) is 4.76. The van der Waals surface area contributed by atoms with Crippen molar-refractivity contribution in [2.75, 3.05) is 6.54 Å². The van der Waals surface area contributed by atoms with Crippen LogP contribution in [0.5, 0.6) is 0 Å². The highest BCUT2D eigenvalue weighted by atomic mass is 79.9. The molecule has 2 aromatic heterocycles. The van der Waals surface area contributed by atoms with E-state index in [0.717, 1.165) is 16.6 Å². The first-order valence-electron chi connectivity index (χ1n) is 6.64. The fourth-order valence-corrected chi connectivity index (χ4v) is 2.39. The van der Waals surface area contributed by atoms with Crippen LogP contribution in [-0.2, 0) is 11.3 Å². The lowest BCUT2D eigenvalue weighted by atomic mass is 10.3. The number of aryl methyl sites for hydroxylation is 1. The van der Waals surface area contributed by atoms with E-state index in [2.05, 4.69) is 31.4 Å². The highest BCUT2D eigenvalue weighted by molar-refractivity contribution is 9.10. The van der Waals surface area contributed by atoms with E-state index in [0.29, 0.717) is 18.1 Å². The number of nitrogens with zero attached hydrogens (tertiary/aromatic N) is 4. The summed E-state index contributed by atoms with van der Waals surface area (Å²) in [5.74, 6) is -0.0489. The number of hydrogen-bond acceptors (Lipinski definition) is 3. The standard InChI is InChI=1S/C13H17BrClN5O/c1-9-12(14)7-18-20(9)10(2)13(21)16-4-3-5-19-8-11(15)6-17-19/h6-8,10H,3-5H2,1-2H3,(H,16,21). The Hall–Kier alpha value is -1.34. The van der Waals surface area contributed by atoms with E-state index in [1.165, 1.54) is 0 Å². The first-order chi connectivity index (χ1) is 9.99. The van der Waals surface area contributed by atoms with Crippen LogP contribution in [0.2, 0.25) is 5.02 Å². The minimum absolute atomic E-state index is 0.0489. The summed E-state index contributed by atoms with van der Waals surface area (Å²) in [7, 11) is 0. The third-order valence-electron chi connectivity index (χ3n) is 3.20. The molecule has 2 rings (SSSR count). The van der Waals surface area contributed by atoms with Crippen LogP contribution in [0.4, 0.5) is 0 Å². The minimum Gasteiger partial charge on any atom is -0.354 e. The Labute approximate surface area is 136 Å². The molecule has 1 N–H and O–H groups in total. The van der Waals surface area contributed by atoms with Crippen LogP contribution < -0.4 is 5.32 Å². The number of hydrogen-bond donors (Lipinski definition) is 1. The van der Waals surface area contributed by atoms with Gasteiger partial charge in [-0.3, -0.25) is 14.2 Å². The van der Waals surface area contributed by atoms with Gasteiger partial charge < -0.3 is 5.32 Å². The van der Waals surface area contributed by atoms with Gasteiger partial charge in [0.05, 0.1) is 27.6 Å². The van der Waals surface area contributed by atoms with Crippen LogP contribution in [0.15, 0.2) is 23.1 Å². The minimum atomic E-state index is -0.338.